The van der Waals surface area contributed by atoms with Crippen LogP contribution in [0, 0.1) is 5.82 Å². The lowest BCUT2D eigenvalue weighted by Crippen LogP contribution is -2.09. The van der Waals surface area contributed by atoms with Gasteiger partial charge in [-0.3, -0.25) is 4.68 Å². The summed E-state index contributed by atoms with van der Waals surface area (Å²) < 4.78 is 14.9. The van der Waals surface area contributed by atoms with Crippen LogP contribution in [0.1, 0.15) is 17.3 Å². The highest BCUT2D eigenvalue weighted by Crippen LogP contribution is 2.22. The van der Waals surface area contributed by atoms with Crippen molar-refractivity contribution in [2.24, 2.45) is 7.05 Å². The van der Waals surface area contributed by atoms with E-state index in [1.54, 1.807) is 16.8 Å². The van der Waals surface area contributed by atoms with E-state index in [1.165, 1.54) is 12.4 Å². The summed E-state index contributed by atoms with van der Waals surface area (Å²) >= 11 is 3.47. The highest BCUT2D eigenvalue weighted by Gasteiger charge is 2.14. The Morgan fingerprint density at radius 3 is 2.88 bits per heavy atom. The van der Waals surface area contributed by atoms with E-state index in [2.05, 4.69) is 26.0 Å². The van der Waals surface area contributed by atoms with Gasteiger partial charge in [-0.1, -0.05) is 28.1 Å². The molecule has 1 aromatic heterocycles. The van der Waals surface area contributed by atoms with E-state index >= 15 is 0 Å². The Morgan fingerprint density at radius 2 is 2.29 bits per heavy atom. The van der Waals surface area contributed by atoms with Gasteiger partial charge in [0, 0.05) is 24.7 Å². The summed E-state index contributed by atoms with van der Waals surface area (Å²) in [5.41, 5.74) is 0.977. The van der Waals surface area contributed by atoms with Crippen molar-refractivity contribution < 1.29 is 4.39 Å². The smallest absolute Gasteiger partial charge is 0.138 e. The lowest BCUT2D eigenvalue weighted by atomic mass is 9.97. The second-order valence-electron chi connectivity index (χ2n) is 3.91. The number of halogens is 2. The van der Waals surface area contributed by atoms with Gasteiger partial charge in [0.2, 0.25) is 0 Å². The van der Waals surface area contributed by atoms with Gasteiger partial charge in [0.05, 0.1) is 0 Å². The molecule has 0 radical (unpaired) electrons. The van der Waals surface area contributed by atoms with E-state index in [0.29, 0.717) is 0 Å². The van der Waals surface area contributed by atoms with Crippen molar-refractivity contribution >= 4 is 15.9 Å². The van der Waals surface area contributed by atoms with Crippen molar-refractivity contribution in [3.8, 4) is 0 Å². The number of aromatic nitrogens is 3. The Balaban J connectivity index is 2.20. The molecule has 1 aromatic carbocycles. The van der Waals surface area contributed by atoms with Crippen LogP contribution in [0.25, 0.3) is 0 Å². The van der Waals surface area contributed by atoms with Gasteiger partial charge in [-0.25, -0.2) is 9.37 Å². The van der Waals surface area contributed by atoms with Crippen molar-refractivity contribution in [2.45, 2.75) is 12.3 Å². The molecule has 1 unspecified atom stereocenters. The molecule has 0 amide bonds. The summed E-state index contributed by atoms with van der Waals surface area (Å²) in [6, 6.07) is 6.70. The zero-order valence-corrected chi connectivity index (χ0v) is 11.1. The van der Waals surface area contributed by atoms with Gasteiger partial charge in [-0.15, -0.1) is 0 Å². The van der Waals surface area contributed by atoms with Gasteiger partial charge in [0.25, 0.3) is 0 Å². The topological polar surface area (TPSA) is 30.7 Å². The Kier molecular flexibility index (Phi) is 3.89. The minimum Gasteiger partial charge on any atom is -0.253 e. The van der Waals surface area contributed by atoms with Gasteiger partial charge in [0.15, 0.2) is 0 Å². The number of hydrogen-bond acceptors (Lipinski definition) is 2. The van der Waals surface area contributed by atoms with Crippen molar-refractivity contribution in [3.63, 3.8) is 0 Å². The molecule has 0 saturated heterocycles. The van der Waals surface area contributed by atoms with Gasteiger partial charge in [-0.2, -0.15) is 5.10 Å². The number of nitrogens with zero attached hydrogens (tertiary/aromatic N) is 3. The average molecular weight is 298 g/mol. The molecule has 17 heavy (non-hydrogen) atoms. The van der Waals surface area contributed by atoms with Crippen LogP contribution < -0.4 is 0 Å². The standard InChI is InChI=1S/C12H13BrFN3/c1-17-12(15-8-16-17)6-10(7-13)9-3-2-4-11(14)5-9/h2-5,8,10H,6-7H2,1H3. The molecule has 90 valence electrons. The highest BCUT2D eigenvalue weighted by atomic mass is 79.9. The zero-order chi connectivity index (χ0) is 12.3. The molecule has 0 fully saturated rings. The largest absolute Gasteiger partial charge is 0.253 e. The summed E-state index contributed by atoms with van der Waals surface area (Å²) in [5.74, 6) is 0.902. The third-order valence-electron chi connectivity index (χ3n) is 2.74. The summed E-state index contributed by atoms with van der Waals surface area (Å²) in [5, 5.41) is 4.80. The van der Waals surface area contributed by atoms with E-state index in [0.717, 1.165) is 23.1 Å². The first-order chi connectivity index (χ1) is 8.20. The lowest BCUT2D eigenvalue weighted by Gasteiger charge is -2.13. The third kappa shape index (κ3) is 2.91. The first kappa shape index (κ1) is 12.2. The minimum atomic E-state index is -0.202. The Morgan fingerprint density at radius 1 is 1.47 bits per heavy atom. The van der Waals surface area contributed by atoms with Crippen LogP contribution >= 0.6 is 15.9 Å². The van der Waals surface area contributed by atoms with Gasteiger partial charge >= 0.3 is 0 Å². The summed E-state index contributed by atoms with van der Waals surface area (Å²) in [4.78, 5) is 4.19. The van der Waals surface area contributed by atoms with Crippen molar-refractivity contribution in [3.05, 3.63) is 47.8 Å². The summed E-state index contributed by atoms with van der Waals surface area (Å²) in [6.45, 7) is 0. The predicted octanol–water partition coefficient (Wildman–Crippen LogP) is 2.68. The Labute approximate surface area is 108 Å². The maximum absolute atomic E-state index is 13.2. The first-order valence-electron chi connectivity index (χ1n) is 5.35. The van der Waals surface area contributed by atoms with Crippen molar-refractivity contribution in [2.75, 3.05) is 5.33 Å². The minimum absolute atomic E-state index is 0.202. The van der Waals surface area contributed by atoms with Gasteiger partial charge in [0.1, 0.15) is 18.0 Å². The zero-order valence-electron chi connectivity index (χ0n) is 9.48. The number of rotatable bonds is 4. The maximum atomic E-state index is 13.2. The average Bonchev–Trinajstić information content (AvgIpc) is 2.71. The molecule has 3 nitrogen and oxygen atoms in total. The molecule has 0 N–H and O–H groups in total. The summed E-state index contributed by atoms with van der Waals surface area (Å²) in [7, 11) is 1.86. The molecule has 0 aliphatic heterocycles. The fraction of sp³-hybridized carbons (Fsp3) is 0.333. The van der Waals surface area contributed by atoms with Crippen LogP contribution in [0.2, 0.25) is 0 Å². The summed E-state index contributed by atoms with van der Waals surface area (Å²) in [6.07, 6.45) is 2.28. The Hall–Kier alpha value is -1.23. The first-order valence-corrected chi connectivity index (χ1v) is 6.47. The van der Waals surface area contributed by atoms with Crippen LogP contribution in [-0.4, -0.2) is 20.1 Å². The second-order valence-corrected chi connectivity index (χ2v) is 4.56. The molecule has 5 heteroatoms. The molecular weight excluding hydrogens is 285 g/mol. The molecule has 1 atom stereocenters. The maximum Gasteiger partial charge on any atom is 0.138 e. The molecule has 2 aromatic rings. The molecule has 0 aliphatic rings. The SMILES string of the molecule is Cn1ncnc1CC(CBr)c1cccc(F)c1. The molecule has 0 saturated carbocycles. The fourth-order valence-electron chi connectivity index (χ4n) is 1.75. The van der Waals surface area contributed by atoms with Crippen molar-refractivity contribution in [1.82, 2.24) is 14.8 Å². The van der Waals surface area contributed by atoms with Crippen LogP contribution in [0.5, 0.6) is 0 Å². The normalized spacial score (nSPS) is 12.6. The third-order valence-corrected chi connectivity index (χ3v) is 3.52. The molecule has 2 rings (SSSR count). The van der Waals surface area contributed by atoms with Gasteiger partial charge < -0.3 is 0 Å². The lowest BCUT2D eigenvalue weighted by molar-refractivity contribution is 0.615. The quantitative estimate of drug-likeness (QED) is 0.813. The number of benzene rings is 1. The number of aryl methyl sites for hydroxylation is 1. The van der Waals surface area contributed by atoms with Crippen molar-refractivity contribution in [1.29, 1.82) is 0 Å². The number of hydrogen-bond donors (Lipinski definition) is 0. The number of alkyl halides is 1. The van der Waals surface area contributed by atoms with E-state index in [1.807, 2.05) is 13.1 Å². The molecule has 0 spiro atoms. The van der Waals surface area contributed by atoms with E-state index < -0.39 is 0 Å². The Bertz CT molecular complexity index is 498. The van der Waals surface area contributed by atoms with E-state index in [4.69, 9.17) is 0 Å². The monoisotopic (exact) mass is 297 g/mol. The highest BCUT2D eigenvalue weighted by molar-refractivity contribution is 9.09. The van der Waals surface area contributed by atoms with Crippen LogP contribution in [-0.2, 0) is 13.5 Å². The predicted molar refractivity (Wildman–Crippen MR) is 67.6 cm³/mol. The van der Waals surface area contributed by atoms with Crippen LogP contribution in [0.3, 0.4) is 0 Å². The van der Waals surface area contributed by atoms with E-state index in [-0.39, 0.29) is 11.7 Å². The molecule has 0 aliphatic carbocycles. The fourth-order valence-corrected chi connectivity index (χ4v) is 2.35. The van der Waals surface area contributed by atoms with E-state index in [9.17, 15) is 4.39 Å². The molecular formula is C12H13BrFN3. The van der Waals surface area contributed by atoms with Crippen LogP contribution in [0.4, 0.5) is 4.39 Å². The van der Waals surface area contributed by atoms with Gasteiger partial charge in [-0.05, 0) is 17.7 Å². The molecule has 0 bridgehead atoms. The van der Waals surface area contributed by atoms with Crippen LogP contribution in [0.15, 0.2) is 30.6 Å². The molecule has 1 heterocycles. The second kappa shape index (κ2) is 5.40.